The molecule has 1 aliphatic rings. The van der Waals surface area contributed by atoms with Gasteiger partial charge in [0.1, 0.15) is 55.3 Å². The molecule has 10 rings (SSSR count). The summed E-state index contributed by atoms with van der Waals surface area (Å²) in [5.41, 5.74) is -11.3. The molecule has 0 spiro atoms. The Kier molecular flexibility index (Phi) is 26.9. The zero-order valence-electron chi connectivity index (χ0n) is 49.4. The summed E-state index contributed by atoms with van der Waals surface area (Å²) in [6.45, 7) is 1.48. The average Bonchev–Trinajstić information content (AvgIpc) is 1.69. The van der Waals surface area contributed by atoms with Crippen LogP contribution in [0, 0.1) is 0 Å². The molecule has 0 saturated carbocycles. The largest absolute Gasteiger partial charge is 1.00 e. The molecule has 0 amide bonds. The third-order valence-corrected chi connectivity index (χ3v) is 17.3. The minimum atomic E-state index is -5.29. The number of fused-ring (bicyclic) bond motifs is 3. The summed E-state index contributed by atoms with van der Waals surface area (Å²) in [7, 11) is 2.57. The maximum atomic E-state index is 13.6. The predicted molar refractivity (Wildman–Crippen MR) is 321 cm³/mol. The van der Waals surface area contributed by atoms with Gasteiger partial charge in [0, 0.05) is 60.7 Å². The standard InChI is InChI=1S/C16H18BF3N2O4.C16H11F6N3O2S.C13H7BrF3N3O2S.C3H4BF6.C3HBr2NS.K/c1-14(2)15(3,4)26-17(25-14)11-12(16(18,19)20)21-10-8-9(24-5)6-7-22(10)13(11)23;1-27-8-3-5-25-10(6-8)24-12(16(20,21)22)11(14(25)26)13-23-7-9(28-13)2-4-15(17,18)19;1-22-6-2-3-20-8(4-6)19-10(13(15,16)17)9(12(20)21)11-18-5-7(14)23-11;5-3(6,7)1-2-4(8,9)10;4-2-1-6-3(5)7-2;/h6-8H,1-5H3;3,5-7H,2,4H2,1H3;2-5H,1H3;1-2H2;1H;/q;;;-1;;+1. The summed E-state index contributed by atoms with van der Waals surface area (Å²) in [5.74, 6) is 0.791. The van der Waals surface area contributed by atoms with E-state index in [9.17, 15) is 93.2 Å². The molecular weight excluding hydrogens is 1610 g/mol. The van der Waals surface area contributed by atoms with Crippen LogP contribution in [0.4, 0.5) is 78.8 Å². The number of methoxy groups -OCH3 is 3. The summed E-state index contributed by atoms with van der Waals surface area (Å²) in [4.78, 5) is 60.5. The minimum absolute atomic E-state index is 0. The fourth-order valence-electron chi connectivity index (χ4n) is 7.67. The van der Waals surface area contributed by atoms with Crippen LogP contribution >= 0.6 is 81.8 Å². The number of pyridine rings is 3. The summed E-state index contributed by atoms with van der Waals surface area (Å²) < 4.78 is 257. The molecule has 0 bridgehead atoms. The van der Waals surface area contributed by atoms with Gasteiger partial charge < -0.3 is 36.5 Å². The smallest absolute Gasteiger partial charge is 0.497 e. The van der Waals surface area contributed by atoms with Crippen LogP contribution in [0.1, 0.15) is 62.5 Å². The summed E-state index contributed by atoms with van der Waals surface area (Å²) in [5, 5.41) is -0.390. The van der Waals surface area contributed by atoms with Crippen molar-refractivity contribution < 1.29 is 154 Å². The van der Waals surface area contributed by atoms with Gasteiger partial charge in [-0.1, -0.05) is 6.32 Å². The maximum absolute atomic E-state index is 13.6. The first-order chi connectivity index (χ1) is 43.2. The van der Waals surface area contributed by atoms with E-state index in [0.717, 1.165) is 44.5 Å². The Morgan fingerprint density at radius 2 is 0.905 bits per heavy atom. The van der Waals surface area contributed by atoms with Crippen LogP contribution in [-0.2, 0) is 34.3 Å². The summed E-state index contributed by atoms with van der Waals surface area (Å²) in [6, 6.07) is 7.96. The first-order valence-corrected chi connectivity index (χ1v) is 30.6. The Bertz CT molecular complexity index is 4310. The number of nitrogens with zero attached hydrogens (tertiary/aromatic N) is 9. The van der Waals surface area contributed by atoms with Crippen molar-refractivity contribution in [1.82, 2.24) is 43.1 Å². The average molecular weight is 1650 g/mol. The van der Waals surface area contributed by atoms with Crippen LogP contribution in [0.2, 0.25) is 6.32 Å². The number of aromatic nitrogens is 9. The van der Waals surface area contributed by atoms with Gasteiger partial charge in [-0.3, -0.25) is 27.6 Å². The Balaban J connectivity index is 0.000000229. The number of thiazole rings is 3. The van der Waals surface area contributed by atoms with E-state index in [1.54, 1.807) is 45.2 Å². The van der Waals surface area contributed by atoms with Crippen LogP contribution < -0.4 is 87.7 Å². The molecule has 17 nitrogen and oxygen atoms in total. The van der Waals surface area contributed by atoms with E-state index in [2.05, 4.69) is 77.7 Å². The third kappa shape index (κ3) is 21.6. The van der Waals surface area contributed by atoms with E-state index >= 15 is 0 Å². The Hall–Kier alpha value is -4.76. The number of alkyl halides is 15. The zero-order valence-corrected chi connectivity index (χ0v) is 59.7. The van der Waals surface area contributed by atoms with Gasteiger partial charge in [0.25, 0.3) is 16.7 Å². The van der Waals surface area contributed by atoms with E-state index in [-0.39, 0.29) is 94.7 Å². The molecule has 95 heavy (non-hydrogen) atoms. The molecular formula is C51H41B2Br3F18KN9O8S3. The molecule has 9 aromatic heterocycles. The number of aryl methyl sites for hydroxylation is 1. The first kappa shape index (κ1) is 80.9. The predicted octanol–water partition coefficient (Wildman–Crippen LogP) is 12.4. The number of rotatable bonds is 10. The second-order valence-corrected chi connectivity index (χ2v) is 27.1. The van der Waals surface area contributed by atoms with Crippen molar-refractivity contribution in [2.24, 2.45) is 0 Å². The second kappa shape index (κ2) is 31.6. The van der Waals surface area contributed by atoms with Crippen molar-refractivity contribution in [3.63, 3.8) is 0 Å². The molecule has 0 aromatic carbocycles. The van der Waals surface area contributed by atoms with Gasteiger partial charge in [0.05, 0.1) is 58.0 Å². The normalized spacial score (nSPS) is 14.0. The molecule has 1 fully saturated rings. The molecule has 44 heteroatoms. The van der Waals surface area contributed by atoms with Crippen molar-refractivity contribution in [2.45, 2.75) is 95.4 Å². The van der Waals surface area contributed by atoms with Gasteiger partial charge in [-0.15, -0.1) is 34.0 Å². The third-order valence-electron chi connectivity index (χ3n) is 12.8. The molecule has 0 unspecified atom stereocenters. The van der Waals surface area contributed by atoms with E-state index in [1.165, 1.54) is 76.4 Å². The van der Waals surface area contributed by atoms with Gasteiger partial charge in [-0.05, 0) is 100 Å². The Morgan fingerprint density at radius 1 is 0.537 bits per heavy atom. The van der Waals surface area contributed by atoms with E-state index in [4.69, 9.17) is 23.5 Å². The zero-order chi connectivity index (χ0) is 70.6. The summed E-state index contributed by atoms with van der Waals surface area (Å²) in [6.07, 6.45) is -20.9. The maximum Gasteiger partial charge on any atom is 1.00 e. The van der Waals surface area contributed by atoms with Gasteiger partial charge >= 0.3 is 96.4 Å². The first-order valence-electron chi connectivity index (χ1n) is 25.7. The van der Waals surface area contributed by atoms with Gasteiger partial charge in [0.15, 0.2) is 21.0 Å². The van der Waals surface area contributed by atoms with Crippen LogP contribution in [-0.4, -0.2) is 102 Å². The molecule has 510 valence electrons. The molecule has 1 saturated heterocycles. The minimum Gasteiger partial charge on any atom is -0.497 e. The van der Waals surface area contributed by atoms with Crippen molar-refractivity contribution in [1.29, 1.82) is 0 Å². The molecule has 10 heterocycles. The van der Waals surface area contributed by atoms with Crippen LogP contribution in [0.15, 0.2) is 99.5 Å². The number of hydrogen-bond donors (Lipinski definition) is 0. The van der Waals surface area contributed by atoms with Crippen LogP contribution in [0.3, 0.4) is 0 Å². The van der Waals surface area contributed by atoms with Crippen LogP contribution in [0.25, 0.3) is 38.1 Å². The van der Waals surface area contributed by atoms with Crippen molar-refractivity contribution >= 4 is 118 Å². The van der Waals surface area contributed by atoms with Crippen molar-refractivity contribution in [3.8, 4) is 38.4 Å². The van der Waals surface area contributed by atoms with Gasteiger partial charge in [0.2, 0.25) is 0 Å². The molecule has 1 aliphatic heterocycles. The fourth-order valence-corrected chi connectivity index (χ4v) is 12.1. The monoisotopic (exact) mass is 1640 g/mol. The molecule has 9 aromatic rings. The van der Waals surface area contributed by atoms with E-state index in [1.807, 2.05) is 0 Å². The number of halogens is 21. The number of ether oxygens (including phenoxy) is 3. The van der Waals surface area contributed by atoms with E-state index in [0.29, 0.717) is 20.9 Å². The SMILES string of the molecule is Brc1cnc(Br)s1.COc1ccn2c(=O)c(-c3ncc(Br)s3)c(C(F)(F)F)nc2c1.COc1ccn2c(=O)c(-c3ncc(CCC(F)(F)F)s3)c(C(F)(F)F)nc2c1.COc1ccn2c(=O)c(B3OC(C)(C)C(C)(C)O3)c(C(F)(F)F)nc2c1.F[B-](F)(F)CCC(F)(F)F.[K+]. The van der Waals surface area contributed by atoms with Crippen molar-refractivity contribution in [3.05, 3.63) is 138 Å². The second-order valence-electron chi connectivity index (χ2n) is 19.9. The Labute approximate surface area is 602 Å². The molecule has 0 N–H and O–H groups in total. The molecule has 0 atom stereocenters. The van der Waals surface area contributed by atoms with Gasteiger partial charge in [-0.2, -0.15) is 65.9 Å². The topological polar surface area (TPSA) is 188 Å². The quantitative estimate of drug-likeness (QED) is 0.0929. The van der Waals surface area contributed by atoms with E-state index < -0.39 is 132 Å². The van der Waals surface area contributed by atoms with Gasteiger partial charge in [-0.25, -0.2) is 29.9 Å². The molecule has 0 aliphatic carbocycles. The Morgan fingerprint density at radius 3 is 1.22 bits per heavy atom. The molecule has 0 radical (unpaired) electrons. The van der Waals surface area contributed by atoms with Crippen molar-refractivity contribution in [2.75, 3.05) is 21.3 Å². The van der Waals surface area contributed by atoms with Crippen LogP contribution in [0.5, 0.6) is 17.2 Å². The fraction of sp³-hybridized carbons (Fsp3) is 0.353. The number of hydrogen-bond acceptors (Lipinski definition) is 17. The summed E-state index contributed by atoms with van der Waals surface area (Å²) >= 11 is 12.7.